The molecule has 1 heterocycles. The SMILES string of the molecule is Cc1ccc2nc(-c3ccc(Cl)cc3)c(O)c(C(=O)O)c2c1. The smallest absolute Gasteiger partial charge is 0.340 e. The first-order chi connectivity index (χ1) is 10.5. The van der Waals surface area contributed by atoms with Crippen LogP contribution in [-0.2, 0) is 0 Å². The topological polar surface area (TPSA) is 70.4 Å². The molecule has 110 valence electrons. The number of pyridine rings is 1. The van der Waals surface area contributed by atoms with Crippen LogP contribution in [0.1, 0.15) is 15.9 Å². The van der Waals surface area contributed by atoms with Crippen molar-refractivity contribution in [3.8, 4) is 17.0 Å². The molecule has 0 radical (unpaired) electrons. The van der Waals surface area contributed by atoms with Crippen molar-refractivity contribution < 1.29 is 15.0 Å². The minimum atomic E-state index is -1.19. The van der Waals surface area contributed by atoms with Crippen LogP contribution in [0.2, 0.25) is 5.02 Å². The molecule has 0 aliphatic carbocycles. The molecule has 0 aliphatic heterocycles. The zero-order valence-corrected chi connectivity index (χ0v) is 12.4. The number of nitrogens with zero attached hydrogens (tertiary/aromatic N) is 1. The number of carboxylic acid groups (broad SMARTS) is 1. The summed E-state index contributed by atoms with van der Waals surface area (Å²) < 4.78 is 0. The molecule has 3 rings (SSSR count). The molecular formula is C17H12ClNO3. The average Bonchev–Trinajstić information content (AvgIpc) is 2.47. The van der Waals surface area contributed by atoms with E-state index in [9.17, 15) is 15.0 Å². The van der Waals surface area contributed by atoms with Gasteiger partial charge in [-0.15, -0.1) is 0 Å². The van der Waals surface area contributed by atoms with Gasteiger partial charge in [0.25, 0.3) is 0 Å². The average molecular weight is 314 g/mol. The Kier molecular flexibility index (Phi) is 3.47. The maximum Gasteiger partial charge on any atom is 0.340 e. The number of aromatic hydroxyl groups is 1. The van der Waals surface area contributed by atoms with Crippen LogP contribution in [0.25, 0.3) is 22.2 Å². The number of aromatic carboxylic acids is 1. The van der Waals surface area contributed by atoms with E-state index in [0.29, 0.717) is 21.5 Å². The molecule has 0 atom stereocenters. The molecule has 4 nitrogen and oxygen atoms in total. The van der Waals surface area contributed by atoms with E-state index in [1.807, 2.05) is 13.0 Å². The van der Waals surface area contributed by atoms with Gasteiger partial charge in [-0.25, -0.2) is 9.78 Å². The van der Waals surface area contributed by atoms with Gasteiger partial charge in [-0.2, -0.15) is 0 Å². The zero-order chi connectivity index (χ0) is 15.9. The third-order valence-electron chi connectivity index (χ3n) is 3.45. The van der Waals surface area contributed by atoms with Gasteiger partial charge in [0.2, 0.25) is 0 Å². The predicted molar refractivity (Wildman–Crippen MR) is 85.6 cm³/mol. The van der Waals surface area contributed by atoms with Crippen LogP contribution in [0.15, 0.2) is 42.5 Å². The summed E-state index contributed by atoms with van der Waals surface area (Å²) in [6, 6.07) is 12.0. The molecule has 0 fully saturated rings. The van der Waals surface area contributed by atoms with Crippen molar-refractivity contribution in [2.24, 2.45) is 0 Å². The van der Waals surface area contributed by atoms with Crippen molar-refractivity contribution in [1.82, 2.24) is 4.98 Å². The number of aryl methyl sites for hydroxylation is 1. The highest BCUT2D eigenvalue weighted by Gasteiger charge is 2.20. The molecule has 0 aliphatic rings. The normalized spacial score (nSPS) is 10.8. The van der Waals surface area contributed by atoms with Gasteiger partial charge in [0.15, 0.2) is 5.75 Å². The monoisotopic (exact) mass is 313 g/mol. The van der Waals surface area contributed by atoms with Crippen LogP contribution in [0.4, 0.5) is 0 Å². The van der Waals surface area contributed by atoms with Gasteiger partial charge in [0, 0.05) is 16.0 Å². The minimum absolute atomic E-state index is 0.140. The van der Waals surface area contributed by atoms with Crippen molar-refractivity contribution in [2.75, 3.05) is 0 Å². The molecule has 0 amide bonds. The van der Waals surface area contributed by atoms with E-state index >= 15 is 0 Å². The summed E-state index contributed by atoms with van der Waals surface area (Å²) >= 11 is 5.86. The van der Waals surface area contributed by atoms with E-state index in [4.69, 9.17) is 11.6 Å². The van der Waals surface area contributed by atoms with Gasteiger partial charge in [-0.1, -0.05) is 35.4 Å². The molecular weight excluding hydrogens is 302 g/mol. The number of carboxylic acids is 1. The lowest BCUT2D eigenvalue weighted by Crippen LogP contribution is -2.02. The Morgan fingerprint density at radius 1 is 1.14 bits per heavy atom. The summed E-state index contributed by atoms with van der Waals surface area (Å²) in [5.41, 5.74) is 2.11. The lowest BCUT2D eigenvalue weighted by Gasteiger charge is -2.11. The van der Waals surface area contributed by atoms with Gasteiger partial charge in [0.1, 0.15) is 11.3 Å². The van der Waals surface area contributed by atoms with Crippen molar-refractivity contribution in [3.63, 3.8) is 0 Å². The molecule has 0 saturated heterocycles. The predicted octanol–water partition coefficient (Wildman–Crippen LogP) is 4.27. The van der Waals surface area contributed by atoms with Gasteiger partial charge >= 0.3 is 5.97 Å². The number of carbonyl (C=O) groups is 1. The summed E-state index contributed by atoms with van der Waals surface area (Å²) in [6.45, 7) is 1.86. The first-order valence-corrected chi connectivity index (χ1v) is 6.97. The Labute approximate surface area is 131 Å². The van der Waals surface area contributed by atoms with E-state index in [1.54, 1.807) is 36.4 Å². The number of hydrogen-bond acceptors (Lipinski definition) is 3. The second-order valence-electron chi connectivity index (χ2n) is 5.02. The van der Waals surface area contributed by atoms with Crippen molar-refractivity contribution >= 4 is 28.5 Å². The minimum Gasteiger partial charge on any atom is -0.505 e. The molecule has 2 N–H and O–H groups in total. The third-order valence-corrected chi connectivity index (χ3v) is 3.70. The number of fused-ring (bicyclic) bond motifs is 1. The Morgan fingerprint density at radius 3 is 2.45 bits per heavy atom. The largest absolute Gasteiger partial charge is 0.505 e. The summed E-state index contributed by atoms with van der Waals surface area (Å²) in [5.74, 6) is -1.53. The number of rotatable bonds is 2. The lowest BCUT2D eigenvalue weighted by atomic mass is 10.0. The van der Waals surface area contributed by atoms with Gasteiger partial charge in [0.05, 0.1) is 5.52 Å². The Morgan fingerprint density at radius 2 is 1.82 bits per heavy atom. The summed E-state index contributed by atoms with van der Waals surface area (Å²) in [5, 5.41) is 20.8. The number of benzene rings is 2. The van der Waals surface area contributed by atoms with Crippen LogP contribution in [0.3, 0.4) is 0 Å². The molecule has 1 aromatic heterocycles. The standard InChI is InChI=1S/C17H12ClNO3/c1-9-2-7-13-12(8-9)14(17(21)22)16(20)15(19-13)10-3-5-11(18)6-4-10/h2-8,20H,1H3,(H,21,22). The second-order valence-corrected chi connectivity index (χ2v) is 5.45. The van der Waals surface area contributed by atoms with E-state index in [-0.39, 0.29) is 17.0 Å². The van der Waals surface area contributed by atoms with Crippen LogP contribution in [-0.4, -0.2) is 21.2 Å². The van der Waals surface area contributed by atoms with Crippen LogP contribution >= 0.6 is 11.6 Å². The van der Waals surface area contributed by atoms with Gasteiger partial charge < -0.3 is 10.2 Å². The van der Waals surface area contributed by atoms with Crippen LogP contribution in [0.5, 0.6) is 5.75 Å². The maximum atomic E-state index is 11.6. The highest BCUT2D eigenvalue weighted by molar-refractivity contribution is 6.30. The zero-order valence-electron chi connectivity index (χ0n) is 11.7. The van der Waals surface area contributed by atoms with Crippen LogP contribution < -0.4 is 0 Å². The molecule has 2 aromatic carbocycles. The number of hydrogen-bond donors (Lipinski definition) is 2. The highest BCUT2D eigenvalue weighted by Crippen LogP contribution is 2.36. The van der Waals surface area contributed by atoms with E-state index in [2.05, 4.69) is 4.98 Å². The van der Waals surface area contributed by atoms with E-state index in [0.717, 1.165) is 5.56 Å². The van der Waals surface area contributed by atoms with Gasteiger partial charge in [-0.05, 0) is 31.2 Å². The van der Waals surface area contributed by atoms with Crippen molar-refractivity contribution in [1.29, 1.82) is 0 Å². The molecule has 3 aromatic rings. The second kappa shape index (κ2) is 5.31. The summed E-state index contributed by atoms with van der Waals surface area (Å²) in [7, 11) is 0. The molecule has 0 saturated carbocycles. The van der Waals surface area contributed by atoms with Crippen molar-refractivity contribution in [3.05, 3.63) is 58.6 Å². The molecule has 0 unspecified atom stereocenters. The first kappa shape index (κ1) is 14.4. The van der Waals surface area contributed by atoms with E-state index < -0.39 is 5.97 Å². The summed E-state index contributed by atoms with van der Waals surface area (Å²) in [6.07, 6.45) is 0. The van der Waals surface area contributed by atoms with E-state index in [1.165, 1.54) is 0 Å². The number of halogens is 1. The molecule has 22 heavy (non-hydrogen) atoms. The first-order valence-electron chi connectivity index (χ1n) is 6.60. The third kappa shape index (κ3) is 2.38. The molecule has 5 heteroatoms. The van der Waals surface area contributed by atoms with Crippen molar-refractivity contribution in [2.45, 2.75) is 6.92 Å². The maximum absolute atomic E-state index is 11.6. The molecule has 0 bridgehead atoms. The lowest BCUT2D eigenvalue weighted by molar-refractivity contribution is 0.0696. The quantitative estimate of drug-likeness (QED) is 0.741. The highest BCUT2D eigenvalue weighted by atomic mass is 35.5. The fraction of sp³-hybridized carbons (Fsp3) is 0.0588. The summed E-state index contributed by atoms with van der Waals surface area (Å²) in [4.78, 5) is 16.0. The van der Waals surface area contributed by atoms with Crippen LogP contribution in [0, 0.1) is 6.92 Å². The fourth-order valence-electron chi connectivity index (χ4n) is 2.39. The number of aromatic nitrogens is 1. The fourth-order valence-corrected chi connectivity index (χ4v) is 2.52. The molecule has 0 spiro atoms. The van der Waals surface area contributed by atoms with Gasteiger partial charge in [-0.3, -0.25) is 0 Å². The Bertz CT molecular complexity index is 889. The Balaban J connectivity index is 2.37. The Hall–Kier alpha value is -2.59.